The number of amides is 4. The van der Waals surface area contributed by atoms with Crippen molar-refractivity contribution < 1.29 is 33.5 Å². The van der Waals surface area contributed by atoms with Crippen LogP contribution in [0.4, 0.5) is 5.69 Å². The van der Waals surface area contributed by atoms with E-state index < -0.39 is 48.0 Å². The molecule has 0 fully saturated rings. The zero-order chi connectivity index (χ0) is 24.1. The fraction of sp³-hybridized carbons (Fsp3) is 0.217. The highest BCUT2D eigenvalue weighted by atomic mass is 16.5. The molecule has 2 N–H and O–H groups in total. The van der Waals surface area contributed by atoms with Gasteiger partial charge in [-0.15, -0.1) is 0 Å². The number of rotatable bonds is 9. The van der Waals surface area contributed by atoms with Crippen LogP contribution in [0, 0.1) is 0 Å². The van der Waals surface area contributed by atoms with Crippen molar-refractivity contribution in [1.29, 1.82) is 0 Å². The number of carbonyl (C=O) groups excluding carboxylic acids is 6. The Morgan fingerprint density at radius 3 is 2.15 bits per heavy atom. The van der Waals surface area contributed by atoms with Gasteiger partial charge in [0, 0.05) is 12.0 Å². The van der Waals surface area contributed by atoms with Crippen LogP contribution >= 0.6 is 0 Å². The van der Waals surface area contributed by atoms with Crippen molar-refractivity contribution in [3.8, 4) is 0 Å². The van der Waals surface area contributed by atoms with E-state index in [2.05, 4.69) is 15.4 Å². The second-order valence-electron chi connectivity index (χ2n) is 7.23. The van der Waals surface area contributed by atoms with Gasteiger partial charge >= 0.3 is 5.97 Å². The Balaban J connectivity index is 1.96. The monoisotopic (exact) mass is 451 g/mol. The molecule has 0 aliphatic carbocycles. The van der Waals surface area contributed by atoms with Crippen molar-refractivity contribution in [2.75, 3.05) is 12.4 Å². The van der Waals surface area contributed by atoms with E-state index in [9.17, 15) is 28.8 Å². The van der Waals surface area contributed by atoms with E-state index in [1.807, 2.05) is 0 Å². The molecule has 1 heterocycles. The first-order valence-electron chi connectivity index (χ1n) is 9.97. The molecule has 2 aromatic carbocycles. The lowest BCUT2D eigenvalue weighted by Crippen LogP contribution is -2.53. The number of imide groups is 1. The quantitative estimate of drug-likeness (QED) is 0.252. The number of para-hydroxylation sites is 1. The summed E-state index contributed by atoms with van der Waals surface area (Å²) >= 11 is 0. The van der Waals surface area contributed by atoms with Crippen LogP contribution in [0.3, 0.4) is 0 Å². The van der Waals surface area contributed by atoms with E-state index in [0.717, 1.165) is 12.0 Å². The summed E-state index contributed by atoms with van der Waals surface area (Å²) in [4.78, 5) is 75.5. The Morgan fingerprint density at radius 1 is 1.00 bits per heavy atom. The molecule has 0 aromatic heterocycles. The average Bonchev–Trinajstić information content (AvgIpc) is 3.07. The third-order valence-electron chi connectivity index (χ3n) is 5.17. The molecular formula is C23H21N3O7. The molecule has 0 unspecified atom stereocenters. The number of fused-ring (bicyclic) bond motifs is 1. The van der Waals surface area contributed by atoms with Crippen LogP contribution in [-0.2, 0) is 19.1 Å². The number of methoxy groups -OCH3 is 1. The maximum absolute atomic E-state index is 13.1. The lowest BCUT2D eigenvalue weighted by molar-refractivity contribution is -0.144. The number of anilines is 1. The van der Waals surface area contributed by atoms with E-state index in [4.69, 9.17) is 0 Å². The molecule has 0 bridgehead atoms. The van der Waals surface area contributed by atoms with Gasteiger partial charge < -0.3 is 15.4 Å². The Labute approximate surface area is 188 Å². The molecule has 0 radical (unpaired) electrons. The van der Waals surface area contributed by atoms with Gasteiger partial charge in [-0.25, -0.2) is 4.79 Å². The summed E-state index contributed by atoms with van der Waals surface area (Å²) in [6.45, 7) is 1.37. The van der Waals surface area contributed by atoms with Crippen molar-refractivity contribution in [2.45, 2.75) is 25.4 Å². The van der Waals surface area contributed by atoms with Gasteiger partial charge in [0.05, 0.1) is 23.9 Å². The van der Waals surface area contributed by atoms with Crippen LogP contribution in [0.25, 0.3) is 0 Å². The fourth-order valence-corrected chi connectivity index (χ4v) is 3.54. The summed E-state index contributed by atoms with van der Waals surface area (Å²) in [5.41, 5.74) is 0.524. The third kappa shape index (κ3) is 4.64. The zero-order valence-electron chi connectivity index (χ0n) is 17.9. The minimum Gasteiger partial charge on any atom is -0.467 e. The van der Waals surface area contributed by atoms with E-state index in [1.165, 1.54) is 31.2 Å². The first kappa shape index (κ1) is 23.3. The maximum atomic E-state index is 13.1. The van der Waals surface area contributed by atoms with Crippen molar-refractivity contribution in [2.24, 2.45) is 0 Å². The number of Topliss-reactive ketones (excluding diaryl/α,β-unsaturated/α-hetero) is 1. The molecule has 1 aliphatic rings. The maximum Gasteiger partial charge on any atom is 0.328 e. The number of nitrogens with one attached hydrogen (secondary N) is 2. The van der Waals surface area contributed by atoms with Crippen molar-refractivity contribution in [3.05, 3.63) is 65.2 Å². The number of benzene rings is 2. The van der Waals surface area contributed by atoms with E-state index >= 15 is 0 Å². The molecule has 1 aliphatic heterocycles. The number of esters is 1. The number of hydrogen-bond donors (Lipinski definition) is 2. The van der Waals surface area contributed by atoms with Gasteiger partial charge in [-0.1, -0.05) is 24.3 Å². The first-order chi connectivity index (χ1) is 15.8. The van der Waals surface area contributed by atoms with Gasteiger partial charge in [0.1, 0.15) is 12.1 Å². The summed E-state index contributed by atoms with van der Waals surface area (Å²) in [5, 5.41) is 4.79. The lowest BCUT2D eigenvalue weighted by Gasteiger charge is -2.26. The van der Waals surface area contributed by atoms with Crippen LogP contribution < -0.4 is 10.6 Å². The molecular weight excluding hydrogens is 430 g/mol. The standard InChI is InChI=1S/C23H21N3O7/c1-13(23(32)33-2)25-20(29)18(11-19(28)16-9-5-6-10-17(16)24-12-27)26-21(30)14-7-3-4-8-15(14)22(26)31/h3-10,12-13,18H,11H2,1-2H3,(H,24,27)(H,25,29)/t13-,18+/m0/s1. The molecule has 170 valence electrons. The predicted molar refractivity (Wildman–Crippen MR) is 115 cm³/mol. The van der Waals surface area contributed by atoms with Gasteiger partial charge in [0.2, 0.25) is 12.3 Å². The van der Waals surface area contributed by atoms with Crippen molar-refractivity contribution in [3.63, 3.8) is 0 Å². The lowest BCUT2D eigenvalue weighted by atomic mass is 10.00. The summed E-state index contributed by atoms with van der Waals surface area (Å²) in [5.74, 6) is -3.67. The Hall–Kier alpha value is -4.34. The van der Waals surface area contributed by atoms with E-state index in [-0.39, 0.29) is 22.4 Å². The van der Waals surface area contributed by atoms with Crippen LogP contribution in [0.2, 0.25) is 0 Å². The molecule has 10 nitrogen and oxygen atoms in total. The van der Waals surface area contributed by atoms with E-state index in [0.29, 0.717) is 6.41 Å². The predicted octanol–water partition coefficient (Wildman–Crippen LogP) is 1.17. The SMILES string of the molecule is COC(=O)[C@H](C)NC(=O)[C@@H](CC(=O)c1ccccc1NC=O)N1C(=O)c2ccccc2C1=O. The van der Waals surface area contributed by atoms with E-state index in [1.54, 1.807) is 24.3 Å². The smallest absolute Gasteiger partial charge is 0.328 e. The van der Waals surface area contributed by atoms with Crippen LogP contribution in [0.5, 0.6) is 0 Å². The van der Waals surface area contributed by atoms with Gasteiger partial charge in [0.25, 0.3) is 11.8 Å². The van der Waals surface area contributed by atoms with Gasteiger partial charge in [-0.05, 0) is 31.2 Å². The first-order valence-corrected chi connectivity index (χ1v) is 9.97. The molecule has 2 atom stereocenters. The van der Waals surface area contributed by atoms with Crippen molar-refractivity contribution >= 4 is 41.6 Å². The fourth-order valence-electron chi connectivity index (χ4n) is 3.54. The summed E-state index contributed by atoms with van der Waals surface area (Å²) in [7, 11) is 1.15. The molecule has 0 spiro atoms. The van der Waals surface area contributed by atoms with Crippen LogP contribution in [-0.4, -0.2) is 60.0 Å². The minimum absolute atomic E-state index is 0.0972. The number of hydrogen-bond acceptors (Lipinski definition) is 7. The molecule has 4 amide bonds. The third-order valence-corrected chi connectivity index (χ3v) is 5.17. The normalized spacial score (nSPS) is 14.2. The van der Waals surface area contributed by atoms with Crippen LogP contribution in [0.15, 0.2) is 48.5 Å². The summed E-state index contributed by atoms with van der Waals surface area (Å²) < 4.78 is 4.59. The van der Waals surface area contributed by atoms with Gasteiger partial charge in [-0.3, -0.25) is 28.9 Å². The van der Waals surface area contributed by atoms with Gasteiger partial charge in [0.15, 0.2) is 5.78 Å². The number of ketones is 1. The second-order valence-corrected chi connectivity index (χ2v) is 7.23. The van der Waals surface area contributed by atoms with Gasteiger partial charge in [-0.2, -0.15) is 0 Å². The highest BCUT2D eigenvalue weighted by Gasteiger charge is 2.44. The summed E-state index contributed by atoms with van der Waals surface area (Å²) in [6.07, 6.45) is -0.165. The Morgan fingerprint density at radius 2 is 1.58 bits per heavy atom. The minimum atomic E-state index is -1.54. The average molecular weight is 451 g/mol. The molecule has 0 saturated carbocycles. The highest BCUT2D eigenvalue weighted by molar-refractivity contribution is 6.23. The molecule has 33 heavy (non-hydrogen) atoms. The molecule has 10 heteroatoms. The molecule has 0 saturated heterocycles. The Bertz CT molecular complexity index is 1110. The van der Waals surface area contributed by atoms with Crippen molar-refractivity contribution in [1.82, 2.24) is 10.2 Å². The largest absolute Gasteiger partial charge is 0.467 e. The Kier molecular flexibility index (Phi) is 6.97. The summed E-state index contributed by atoms with van der Waals surface area (Å²) in [6, 6.07) is 9.55. The second kappa shape index (κ2) is 9.86. The highest BCUT2D eigenvalue weighted by Crippen LogP contribution is 2.27. The molecule has 2 aromatic rings. The van der Waals surface area contributed by atoms with Crippen LogP contribution in [0.1, 0.15) is 44.4 Å². The number of carbonyl (C=O) groups is 6. The molecule has 3 rings (SSSR count). The zero-order valence-corrected chi connectivity index (χ0v) is 17.9. The number of nitrogens with zero attached hydrogens (tertiary/aromatic N) is 1. The topological polar surface area (TPSA) is 139 Å². The number of ether oxygens (including phenoxy) is 1.